The molecule has 0 atom stereocenters. The van der Waals surface area contributed by atoms with Crippen molar-refractivity contribution < 1.29 is 20.1 Å². The monoisotopic (exact) mass is 869 g/mol. The van der Waals surface area contributed by atoms with Crippen LogP contribution in [0.5, 0.6) is 0 Å². The fraction of sp³-hybridized carbons (Fsp3) is 0.109. The summed E-state index contributed by atoms with van der Waals surface area (Å²) in [4.78, 5) is 14.4. The summed E-state index contributed by atoms with van der Waals surface area (Å²) >= 11 is 1.82. The van der Waals surface area contributed by atoms with E-state index in [1.807, 2.05) is 59.9 Å². The number of para-hydroxylation sites is 1. The van der Waals surface area contributed by atoms with Crippen LogP contribution in [0.25, 0.3) is 70.8 Å². The molecule has 0 fully saturated rings. The number of nitrogens with zero attached hydrogens (tertiary/aromatic N) is 4. The summed E-state index contributed by atoms with van der Waals surface area (Å²) in [7, 11) is 0. The number of hydrogen-bond donors (Lipinski definition) is 0. The fourth-order valence-corrected chi connectivity index (χ4v) is 7.73. The first-order valence-corrected chi connectivity index (χ1v) is 17.9. The van der Waals surface area contributed by atoms with Crippen LogP contribution in [0.2, 0.25) is 0 Å². The van der Waals surface area contributed by atoms with Crippen molar-refractivity contribution in [1.82, 2.24) is 19.5 Å². The number of thiophene rings is 1. The summed E-state index contributed by atoms with van der Waals surface area (Å²) in [5, 5.41) is 2.55. The quantitative estimate of drug-likeness (QED) is 0.166. The molecule has 0 saturated carbocycles. The van der Waals surface area contributed by atoms with Crippen LogP contribution in [0.15, 0.2) is 146 Å². The first-order chi connectivity index (χ1) is 24.8. The van der Waals surface area contributed by atoms with E-state index in [9.17, 15) is 0 Å². The fourth-order valence-electron chi connectivity index (χ4n) is 6.42. The van der Waals surface area contributed by atoms with E-state index in [-0.39, 0.29) is 25.5 Å². The van der Waals surface area contributed by atoms with Gasteiger partial charge in [0.15, 0.2) is 5.65 Å². The van der Waals surface area contributed by atoms with Crippen LogP contribution in [-0.2, 0) is 25.5 Å². The second-order valence-electron chi connectivity index (χ2n) is 13.6. The van der Waals surface area contributed by atoms with E-state index in [1.54, 1.807) is 6.20 Å². The minimum Gasteiger partial charge on any atom is -0.332 e. The molecule has 6 heteroatoms. The van der Waals surface area contributed by atoms with Gasteiger partial charge in [-0.1, -0.05) is 111 Å². The Labute approximate surface area is 322 Å². The Balaban J connectivity index is 0.000000275. The van der Waals surface area contributed by atoms with E-state index in [0.717, 1.165) is 45.2 Å². The summed E-state index contributed by atoms with van der Waals surface area (Å²) in [6.07, 6.45) is 1.79. The van der Waals surface area contributed by atoms with Gasteiger partial charge in [-0.25, -0.2) is 4.98 Å². The summed E-state index contributed by atoms with van der Waals surface area (Å²) in [5.41, 5.74) is 10.5. The molecule has 0 amide bonds. The molecule has 4 aromatic heterocycles. The van der Waals surface area contributed by atoms with Crippen LogP contribution in [0.3, 0.4) is 0 Å². The van der Waals surface area contributed by atoms with Crippen LogP contribution in [0, 0.1) is 19.1 Å². The van der Waals surface area contributed by atoms with Crippen LogP contribution in [-0.4, -0.2) is 19.5 Å². The predicted molar refractivity (Wildman–Crippen MR) is 213 cm³/mol. The van der Waals surface area contributed by atoms with Gasteiger partial charge in [-0.2, -0.15) is 11.3 Å². The Hall–Kier alpha value is -5.26. The Morgan fingerprint density at radius 1 is 0.712 bits per heavy atom. The first kappa shape index (κ1) is 35.2. The Kier molecular flexibility index (Phi) is 9.98. The zero-order valence-corrected chi connectivity index (χ0v) is 32.6. The number of pyridine rings is 2. The summed E-state index contributed by atoms with van der Waals surface area (Å²) < 4.78 is 4.71. The molecule has 257 valence electrons. The van der Waals surface area contributed by atoms with Crippen LogP contribution in [0.1, 0.15) is 32.0 Å². The van der Waals surface area contributed by atoms with Gasteiger partial charge in [0, 0.05) is 47.8 Å². The van der Waals surface area contributed by atoms with Gasteiger partial charge in [0.2, 0.25) is 0 Å². The van der Waals surface area contributed by atoms with E-state index < -0.39 is 0 Å². The third kappa shape index (κ3) is 6.86. The van der Waals surface area contributed by atoms with Crippen LogP contribution >= 0.6 is 11.3 Å². The number of rotatable bonds is 4. The molecule has 0 saturated heterocycles. The maximum atomic E-state index is 5.18. The number of fused-ring (bicyclic) bond motifs is 4. The van der Waals surface area contributed by atoms with E-state index >= 15 is 0 Å². The number of aromatic nitrogens is 4. The first-order valence-electron chi connectivity index (χ1n) is 17.1. The molecular weight excluding hydrogens is 833 g/mol. The molecule has 52 heavy (non-hydrogen) atoms. The van der Waals surface area contributed by atoms with Gasteiger partial charge >= 0.3 is 0 Å². The van der Waals surface area contributed by atoms with Gasteiger partial charge in [-0.15, -0.1) is 53.6 Å². The molecule has 0 bridgehead atoms. The maximum absolute atomic E-state index is 5.18. The van der Waals surface area contributed by atoms with Gasteiger partial charge in [0.1, 0.15) is 0 Å². The minimum absolute atomic E-state index is 0. The minimum atomic E-state index is -0.0595. The van der Waals surface area contributed by atoms with E-state index in [1.165, 1.54) is 36.9 Å². The third-order valence-corrected chi connectivity index (χ3v) is 10.2. The summed E-state index contributed by atoms with van der Waals surface area (Å²) in [5.74, 6) is 0.870. The molecule has 1 radical (unpaired) electrons. The van der Waals surface area contributed by atoms with Crippen LogP contribution < -0.4 is 0 Å². The standard InChI is InChI=1S/C35H28N3S.C11H8N.Ir/c1-22-15-17-27(32-31(22)26-18-16-24(21-29(26)39-32)23-11-7-5-8-12-23)34-37-33-28(19-20-30(36-33)35(2,3)4)38(34)25-13-9-6-10-14-25;1-2-6-10(7-3-1)11-8-4-5-9-12-11;/h5-16,18-21H,1-4H3;1-6,8-9H;/q2*-1;. The zero-order valence-electron chi connectivity index (χ0n) is 29.4. The van der Waals surface area contributed by atoms with Gasteiger partial charge in [0.05, 0.1) is 11.3 Å². The number of benzene rings is 5. The second kappa shape index (κ2) is 14.8. The molecule has 0 unspecified atom stereocenters. The molecule has 0 aliphatic rings. The van der Waals surface area contributed by atoms with Crippen molar-refractivity contribution in [1.29, 1.82) is 0 Å². The molecule has 4 nitrogen and oxygen atoms in total. The smallest absolute Gasteiger partial charge is 0.168 e. The second-order valence-corrected chi connectivity index (χ2v) is 14.7. The van der Waals surface area contributed by atoms with Crippen molar-refractivity contribution in [3.63, 3.8) is 0 Å². The number of aryl methyl sites for hydroxylation is 1. The van der Waals surface area contributed by atoms with E-state index in [2.05, 4.69) is 140 Å². The molecule has 9 rings (SSSR count). The average molecular weight is 869 g/mol. The molecule has 0 spiro atoms. The SMILES string of the molecule is Cc1c[c-]c(-c2nc3nc(C(C)(C)C)ccc3n2-c2ccccc2)c2sc3cc(-c4ccccc4)ccc3c12.[Ir].[c-]1ccccc1-c1ccccn1. The molecule has 0 aliphatic carbocycles. The third-order valence-electron chi connectivity index (χ3n) is 9.03. The Bertz CT molecular complexity index is 2570. The van der Waals surface area contributed by atoms with Gasteiger partial charge in [-0.05, 0) is 63.3 Å². The molecular formula is C46H36IrN4S-2. The number of imidazole rings is 1. The predicted octanol–water partition coefficient (Wildman–Crippen LogP) is 12.1. The van der Waals surface area contributed by atoms with Crippen molar-refractivity contribution in [3.8, 4) is 39.5 Å². The molecule has 4 heterocycles. The average Bonchev–Trinajstić information content (AvgIpc) is 3.75. The van der Waals surface area contributed by atoms with Gasteiger partial charge in [0.25, 0.3) is 0 Å². The molecule has 9 aromatic rings. The Morgan fingerprint density at radius 2 is 1.46 bits per heavy atom. The normalized spacial score (nSPS) is 11.3. The topological polar surface area (TPSA) is 43.6 Å². The van der Waals surface area contributed by atoms with E-state index in [0.29, 0.717) is 0 Å². The van der Waals surface area contributed by atoms with Crippen molar-refractivity contribution in [2.45, 2.75) is 33.1 Å². The van der Waals surface area contributed by atoms with E-state index in [4.69, 9.17) is 9.97 Å². The van der Waals surface area contributed by atoms with Crippen LogP contribution in [0.4, 0.5) is 0 Å². The van der Waals surface area contributed by atoms with Crippen molar-refractivity contribution >= 4 is 42.7 Å². The molecule has 0 aliphatic heterocycles. The van der Waals surface area contributed by atoms with Crippen molar-refractivity contribution in [3.05, 3.63) is 169 Å². The summed E-state index contributed by atoms with van der Waals surface area (Å²) in [6, 6.07) is 54.7. The van der Waals surface area contributed by atoms with Crippen molar-refractivity contribution in [2.24, 2.45) is 0 Å². The molecule has 5 aromatic carbocycles. The van der Waals surface area contributed by atoms with Crippen molar-refractivity contribution in [2.75, 3.05) is 0 Å². The number of hydrogen-bond acceptors (Lipinski definition) is 4. The maximum Gasteiger partial charge on any atom is 0.168 e. The largest absolute Gasteiger partial charge is 0.332 e. The summed E-state index contributed by atoms with van der Waals surface area (Å²) in [6.45, 7) is 8.74. The molecule has 0 N–H and O–H groups in total. The van der Waals surface area contributed by atoms with Gasteiger partial charge in [-0.3, -0.25) is 4.98 Å². The zero-order chi connectivity index (χ0) is 35.0. The van der Waals surface area contributed by atoms with Gasteiger partial charge < -0.3 is 9.55 Å². The Morgan fingerprint density at radius 3 is 2.17 bits per heavy atom.